The smallest absolute Gasteiger partial charge is 0.254 e. The van der Waals surface area contributed by atoms with Crippen molar-refractivity contribution in [3.8, 4) is 5.75 Å². The zero-order valence-electron chi connectivity index (χ0n) is 16.2. The molecule has 1 rings (SSSR count). The lowest BCUT2D eigenvalue weighted by atomic mass is 9.99. The SMILES string of the molecule is C=C(C)CCC(C(=C)C)N(C)C(=O)c1cccc(OCC(=C)N=O)c1C=O. The lowest BCUT2D eigenvalue weighted by molar-refractivity contribution is 0.0744. The van der Waals surface area contributed by atoms with E-state index >= 15 is 0 Å². The molecule has 1 amide bonds. The van der Waals surface area contributed by atoms with Crippen molar-refractivity contribution in [2.24, 2.45) is 5.18 Å². The Morgan fingerprint density at radius 2 is 1.96 bits per heavy atom. The fraction of sp³-hybridized carbons (Fsp3) is 0.333. The van der Waals surface area contributed by atoms with Crippen LogP contribution in [0.25, 0.3) is 0 Å². The summed E-state index contributed by atoms with van der Waals surface area (Å²) in [5.74, 6) is -0.118. The molecule has 1 atom stereocenters. The molecule has 0 aliphatic carbocycles. The van der Waals surface area contributed by atoms with Crippen LogP contribution in [0.4, 0.5) is 0 Å². The number of rotatable bonds is 11. The van der Waals surface area contributed by atoms with E-state index in [9.17, 15) is 14.5 Å². The second kappa shape index (κ2) is 10.2. The first-order valence-corrected chi connectivity index (χ1v) is 8.52. The van der Waals surface area contributed by atoms with Crippen molar-refractivity contribution in [3.63, 3.8) is 0 Å². The lowest BCUT2D eigenvalue weighted by Gasteiger charge is -2.29. The molecule has 27 heavy (non-hydrogen) atoms. The van der Waals surface area contributed by atoms with E-state index in [4.69, 9.17) is 4.74 Å². The van der Waals surface area contributed by atoms with E-state index in [1.54, 1.807) is 30.1 Å². The summed E-state index contributed by atoms with van der Waals surface area (Å²) in [5.41, 5.74) is 2.20. The summed E-state index contributed by atoms with van der Waals surface area (Å²) in [6, 6.07) is 4.55. The molecule has 6 heteroatoms. The highest BCUT2D eigenvalue weighted by Gasteiger charge is 2.25. The number of allylic oxidation sites excluding steroid dienone is 1. The Labute approximate surface area is 160 Å². The van der Waals surface area contributed by atoms with Gasteiger partial charge in [-0.2, -0.15) is 0 Å². The van der Waals surface area contributed by atoms with Gasteiger partial charge in [-0.3, -0.25) is 9.59 Å². The summed E-state index contributed by atoms with van der Waals surface area (Å²) in [7, 11) is 1.68. The van der Waals surface area contributed by atoms with Crippen molar-refractivity contribution in [2.75, 3.05) is 13.7 Å². The van der Waals surface area contributed by atoms with E-state index in [-0.39, 0.29) is 41.1 Å². The number of hydrogen-bond acceptors (Lipinski definition) is 5. The zero-order chi connectivity index (χ0) is 20.6. The first kappa shape index (κ1) is 22.0. The van der Waals surface area contributed by atoms with E-state index in [1.165, 1.54) is 0 Å². The molecule has 0 spiro atoms. The number of likely N-dealkylation sites (N-methyl/N-ethyl adjacent to an activating group) is 1. The monoisotopic (exact) mass is 370 g/mol. The first-order chi connectivity index (χ1) is 12.7. The molecule has 0 saturated carbocycles. The number of carbonyl (C=O) groups is 2. The molecule has 0 N–H and O–H groups in total. The number of hydrogen-bond donors (Lipinski definition) is 0. The van der Waals surface area contributed by atoms with Crippen LogP contribution in [-0.2, 0) is 0 Å². The molecule has 1 aromatic rings. The van der Waals surface area contributed by atoms with Crippen molar-refractivity contribution in [2.45, 2.75) is 32.7 Å². The number of ether oxygens (including phenoxy) is 1. The number of nitroso groups, excluding NO2 is 1. The largest absolute Gasteiger partial charge is 0.486 e. The van der Waals surface area contributed by atoms with Crippen LogP contribution in [0.3, 0.4) is 0 Å². The first-order valence-electron chi connectivity index (χ1n) is 8.52. The summed E-state index contributed by atoms with van der Waals surface area (Å²) >= 11 is 0. The summed E-state index contributed by atoms with van der Waals surface area (Å²) < 4.78 is 5.41. The van der Waals surface area contributed by atoms with Crippen LogP contribution in [0.1, 0.15) is 47.4 Å². The number of aldehydes is 1. The number of nitrogens with zero attached hydrogens (tertiary/aromatic N) is 2. The molecule has 0 aliphatic rings. The predicted octanol–water partition coefficient (Wildman–Crippen LogP) is 4.53. The van der Waals surface area contributed by atoms with E-state index in [0.717, 1.165) is 17.6 Å². The van der Waals surface area contributed by atoms with Crippen molar-refractivity contribution in [3.05, 3.63) is 70.8 Å². The minimum absolute atomic E-state index is 0.0113. The molecule has 144 valence electrons. The molecule has 1 unspecified atom stereocenters. The molecule has 0 heterocycles. The van der Waals surface area contributed by atoms with Gasteiger partial charge >= 0.3 is 0 Å². The predicted molar refractivity (Wildman–Crippen MR) is 107 cm³/mol. The molecule has 1 aromatic carbocycles. The van der Waals surface area contributed by atoms with Gasteiger partial charge in [-0.15, -0.1) is 11.5 Å². The van der Waals surface area contributed by atoms with Crippen LogP contribution in [0, 0.1) is 4.91 Å². The molecule has 6 nitrogen and oxygen atoms in total. The maximum atomic E-state index is 13.0. The average Bonchev–Trinajstić information content (AvgIpc) is 2.64. The van der Waals surface area contributed by atoms with Gasteiger partial charge in [0.05, 0.1) is 17.2 Å². The van der Waals surface area contributed by atoms with Gasteiger partial charge in [0, 0.05) is 7.05 Å². The van der Waals surface area contributed by atoms with E-state index in [2.05, 4.69) is 24.9 Å². The second-order valence-electron chi connectivity index (χ2n) is 6.56. The zero-order valence-corrected chi connectivity index (χ0v) is 16.2. The van der Waals surface area contributed by atoms with Crippen molar-refractivity contribution in [1.29, 1.82) is 0 Å². The van der Waals surface area contributed by atoms with Crippen LogP contribution in [0.5, 0.6) is 5.75 Å². The van der Waals surface area contributed by atoms with E-state index in [1.807, 2.05) is 13.8 Å². The fourth-order valence-electron chi connectivity index (χ4n) is 2.65. The van der Waals surface area contributed by atoms with Gasteiger partial charge in [-0.05, 0) is 44.0 Å². The third kappa shape index (κ3) is 6.02. The summed E-state index contributed by atoms with van der Waals surface area (Å²) in [6.07, 6.45) is 2.03. The van der Waals surface area contributed by atoms with Gasteiger partial charge < -0.3 is 9.64 Å². The highest BCUT2D eigenvalue weighted by molar-refractivity contribution is 6.03. The Morgan fingerprint density at radius 1 is 1.30 bits per heavy atom. The Bertz CT molecular complexity index is 767. The third-order valence-corrected chi connectivity index (χ3v) is 4.14. The Balaban J connectivity index is 3.14. The Kier molecular flexibility index (Phi) is 8.33. The van der Waals surface area contributed by atoms with E-state index < -0.39 is 0 Å². The van der Waals surface area contributed by atoms with Crippen LogP contribution < -0.4 is 4.74 Å². The van der Waals surface area contributed by atoms with Crippen molar-refractivity contribution in [1.82, 2.24) is 4.90 Å². The molecule has 0 aromatic heterocycles. The molecule has 0 aliphatic heterocycles. The van der Waals surface area contributed by atoms with Gasteiger partial charge in [0.25, 0.3) is 5.91 Å². The van der Waals surface area contributed by atoms with Crippen molar-refractivity contribution >= 4 is 12.2 Å². The number of benzene rings is 1. The summed E-state index contributed by atoms with van der Waals surface area (Å²) in [5, 5.41) is 2.67. The molecular formula is C21H26N2O4. The second-order valence-corrected chi connectivity index (χ2v) is 6.56. The van der Waals surface area contributed by atoms with Crippen LogP contribution >= 0.6 is 0 Å². The summed E-state index contributed by atoms with van der Waals surface area (Å²) in [6.45, 7) is 14.9. The van der Waals surface area contributed by atoms with Gasteiger partial charge in [0.2, 0.25) is 0 Å². The van der Waals surface area contributed by atoms with Gasteiger partial charge in [-0.25, -0.2) is 0 Å². The highest BCUT2D eigenvalue weighted by atomic mass is 16.5. The van der Waals surface area contributed by atoms with Crippen LogP contribution in [0.15, 0.2) is 60.0 Å². The quantitative estimate of drug-likeness (QED) is 0.326. The summed E-state index contributed by atoms with van der Waals surface area (Å²) in [4.78, 5) is 36.6. The van der Waals surface area contributed by atoms with Crippen molar-refractivity contribution < 1.29 is 14.3 Å². The molecular weight excluding hydrogens is 344 g/mol. The number of amides is 1. The Morgan fingerprint density at radius 3 is 2.48 bits per heavy atom. The molecule has 0 fully saturated rings. The molecule has 0 bridgehead atoms. The van der Waals surface area contributed by atoms with Gasteiger partial charge in [0.1, 0.15) is 18.1 Å². The third-order valence-electron chi connectivity index (χ3n) is 4.14. The Hall–Kier alpha value is -3.02. The molecule has 0 saturated heterocycles. The standard InChI is InChI=1S/C21H26N2O4/c1-14(2)10-11-19(15(3)4)23(6)21(25)17-8-7-9-20(18(17)12-24)27-13-16(5)22-26/h7-9,12,19H,1,3,5,10-11,13H2,2,4,6H3. The normalized spacial score (nSPS) is 11.2. The van der Waals surface area contributed by atoms with E-state index in [0.29, 0.717) is 12.7 Å². The van der Waals surface area contributed by atoms with Crippen LogP contribution in [0.2, 0.25) is 0 Å². The minimum Gasteiger partial charge on any atom is -0.486 e. The van der Waals surface area contributed by atoms with Crippen LogP contribution in [-0.4, -0.2) is 36.8 Å². The lowest BCUT2D eigenvalue weighted by Crippen LogP contribution is -2.38. The number of carbonyl (C=O) groups excluding carboxylic acids is 2. The maximum Gasteiger partial charge on any atom is 0.254 e. The topological polar surface area (TPSA) is 76.0 Å². The van der Waals surface area contributed by atoms with Gasteiger partial charge in [-0.1, -0.05) is 30.4 Å². The van der Waals surface area contributed by atoms with Gasteiger partial charge in [0.15, 0.2) is 6.29 Å². The highest BCUT2D eigenvalue weighted by Crippen LogP contribution is 2.25. The fourth-order valence-corrected chi connectivity index (χ4v) is 2.65. The molecule has 0 radical (unpaired) electrons. The average molecular weight is 370 g/mol. The minimum atomic E-state index is -0.315. The maximum absolute atomic E-state index is 13.0.